The lowest BCUT2D eigenvalue weighted by Gasteiger charge is -2.10. The number of carbonyl (C=O) groups excluding carboxylic acids is 1. The number of ether oxygens (including phenoxy) is 1. The maximum absolute atomic E-state index is 12.4. The Labute approximate surface area is 145 Å². The van der Waals surface area contributed by atoms with Crippen molar-refractivity contribution >= 4 is 28.5 Å². The van der Waals surface area contributed by atoms with Crippen molar-refractivity contribution in [1.29, 1.82) is 0 Å². The standard InChI is InChI=1S/C20H18ClNO2/c21-17-7-3-1-5-14(17)12-24-20(23)13-9-10-19-16(11-13)15-6-2-4-8-18(15)22-19/h1,3,5,7,9-11,22H,2,4,6,8,12H2. The topological polar surface area (TPSA) is 42.1 Å². The van der Waals surface area contributed by atoms with Crippen LogP contribution < -0.4 is 0 Å². The van der Waals surface area contributed by atoms with Crippen molar-refractivity contribution in [1.82, 2.24) is 4.98 Å². The van der Waals surface area contributed by atoms with Crippen molar-refractivity contribution in [2.75, 3.05) is 0 Å². The first-order valence-corrected chi connectivity index (χ1v) is 8.64. The van der Waals surface area contributed by atoms with Gasteiger partial charge in [-0.3, -0.25) is 0 Å². The molecule has 1 N–H and O–H groups in total. The molecule has 2 aromatic carbocycles. The van der Waals surface area contributed by atoms with Gasteiger partial charge in [-0.05, 0) is 55.5 Å². The van der Waals surface area contributed by atoms with Crippen molar-refractivity contribution in [2.45, 2.75) is 32.3 Å². The molecule has 0 unspecified atom stereocenters. The minimum atomic E-state index is -0.317. The summed E-state index contributed by atoms with van der Waals surface area (Å²) in [6.07, 6.45) is 4.61. The maximum Gasteiger partial charge on any atom is 0.338 e. The Morgan fingerprint density at radius 2 is 1.96 bits per heavy atom. The Hall–Kier alpha value is -2.26. The smallest absolute Gasteiger partial charge is 0.338 e. The molecular weight excluding hydrogens is 322 g/mol. The Bertz CT molecular complexity index is 913. The molecule has 0 fully saturated rings. The van der Waals surface area contributed by atoms with Gasteiger partial charge in [-0.1, -0.05) is 29.8 Å². The lowest BCUT2D eigenvalue weighted by molar-refractivity contribution is 0.0473. The average Bonchev–Trinajstić information content (AvgIpc) is 2.98. The normalized spacial score (nSPS) is 13.7. The third-order valence-corrected chi connectivity index (χ3v) is 5.02. The van der Waals surface area contributed by atoms with Gasteiger partial charge in [-0.15, -0.1) is 0 Å². The molecule has 0 aliphatic heterocycles. The highest BCUT2D eigenvalue weighted by molar-refractivity contribution is 6.31. The molecule has 122 valence electrons. The van der Waals surface area contributed by atoms with Crippen LogP contribution in [0.15, 0.2) is 42.5 Å². The van der Waals surface area contributed by atoms with E-state index in [2.05, 4.69) is 4.98 Å². The largest absolute Gasteiger partial charge is 0.457 e. The second kappa shape index (κ2) is 6.33. The number of aromatic nitrogens is 1. The fraction of sp³-hybridized carbons (Fsp3) is 0.250. The van der Waals surface area contributed by atoms with Gasteiger partial charge in [0.1, 0.15) is 6.61 Å². The van der Waals surface area contributed by atoms with Crippen molar-refractivity contribution in [3.8, 4) is 0 Å². The maximum atomic E-state index is 12.4. The van der Waals surface area contributed by atoms with E-state index in [-0.39, 0.29) is 12.6 Å². The number of benzene rings is 2. The minimum absolute atomic E-state index is 0.182. The van der Waals surface area contributed by atoms with Crippen LogP contribution >= 0.6 is 11.6 Å². The monoisotopic (exact) mass is 339 g/mol. The summed E-state index contributed by atoms with van der Waals surface area (Å²) in [5, 5.41) is 1.76. The van der Waals surface area contributed by atoms with Crippen LogP contribution in [0.2, 0.25) is 5.02 Å². The molecule has 3 nitrogen and oxygen atoms in total. The molecular formula is C20H18ClNO2. The summed E-state index contributed by atoms with van der Waals surface area (Å²) < 4.78 is 5.43. The van der Waals surface area contributed by atoms with Gasteiger partial charge < -0.3 is 9.72 Å². The second-order valence-electron chi connectivity index (χ2n) is 6.22. The van der Waals surface area contributed by atoms with E-state index >= 15 is 0 Å². The van der Waals surface area contributed by atoms with E-state index in [0.717, 1.165) is 29.3 Å². The fourth-order valence-corrected chi connectivity index (χ4v) is 3.57. The van der Waals surface area contributed by atoms with E-state index in [4.69, 9.17) is 16.3 Å². The molecule has 0 amide bonds. The summed E-state index contributed by atoms with van der Waals surface area (Å²) in [4.78, 5) is 15.9. The molecule has 1 aliphatic rings. The zero-order valence-corrected chi connectivity index (χ0v) is 14.0. The number of fused-ring (bicyclic) bond motifs is 3. The number of aryl methyl sites for hydroxylation is 2. The van der Waals surface area contributed by atoms with Crippen molar-refractivity contribution in [3.05, 3.63) is 69.9 Å². The summed E-state index contributed by atoms with van der Waals surface area (Å²) in [7, 11) is 0. The summed E-state index contributed by atoms with van der Waals surface area (Å²) in [5.41, 5.74) is 5.17. The van der Waals surface area contributed by atoms with Crippen LogP contribution in [0.1, 0.15) is 40.0 Å². The molecule has 24 heavy (non-hydrogen) atoms. The van der Waals surface area contributed by atoms with Crippen LogP contribution in [-0.4, -0.2) is 11.0 Å². The highest BCUT2D eigenvalue weighted by Gasteiger charge is 2.17. The van der Waals surface area contributed by atoms with E-state index in [0.29, 0.717) is 10.6 Å². The van der Waals surface area contributed by atoms with E-state index in [1.54, 1.807) is 6.07 Å². The van der Waals surface area contributed by atoms with Crippen LogP contribution in [0.5, 0.6) is 0 Å². The minimum Gasteiger partial charge on any atom is -0.457 e. The number of nitrogens with one attached hydrogen (secondary N) is 1. The van der Waals surface area contributed by atoms with Gasteiger partial charge in [0, 0.05) is 27.2 Å². The van der Waals surface area contributed by atoms with Crippen molar-refractivity contribution in [2.24, 2.45) is 0 Å². The van der Waals surface area contributed by atoms with Gasteiger partial charge >= 0.3 is 5.97 Å². The molecule has 1 aliphatic carbocycles. The van der Waals surface area contributed by atoms with E-state index in [1.807, 2.05) is 36.4 Å². The Kier molecular flexibility index (Phi) is 4.03. The molecule has 4 heteroatoms. The van der Waals surface area contributed by atoms with Crippen LogP contribution in [0, 0.1) is 0 Å². The predicted octanol–water partition coefficient (Wildman–Crippen LogP) is 5.06. The fourth-order valence-electron chi connectivity index (χ4n) is 3.38. The third kappa shape index (κ3) is 2.80. The molecule has 0 atom stereocenters. The predicted molar refractivity (Wildman–Crippen MR) is 95.5 cm³/mol. The molecule has 0 bridgehead atoms. The van der Waals surface area contributed by atoms with Gasteiger partial charge in [0.2, 0.25) is 0 Å². The summed E-state index contributed by atoms with van der Waals surface area (Å²) in [5.74, 6) is -0.317. The quantitative estimate of drug-likeness (QED) is 0.678. The van der Waals surface area contributed by atoms with Crippen molar-refractivity contribution in [3.63, 3.8) is 0 Å². The van der Waals surface area contributed by atoms with Gasteiger partial charge in [0.15, 0.2) is 0 Å². The number of hydrogen-bond donors (Lipinski definition) is 1. The number of halogens is 1. The van der Waals surface area contributed by atoms with Crippen LogP contribution in [0.4, 0.5) is 0 Å². The molecule has 0 saturated carbocycles. The van der Waals surface area contributed by atoms with E-state index < -0.39 is 0 Å². The van der Waals surface area contributed by atoms with E-state index in [9.17, 15) is 4.79 Å². The molecule has 0 saturated heterocycles. The first-order valence-electron chi connectivity index (χ1n) is 8.26. The van der Waals surface area contributed by atoms with Gasteiger partial charge in [0.05, 0.1) is 5.56 Å². The van der Waals surface area contributed by atoms with Crippen molar-refractivity contribution < 1.29 is 9.53 Å². The molecule has 0 spiro atoms. The lowest BCUT2D eigenvalue weighted by atomic mass is 9.95. The summed E-state index contributed by atoms with van der Waals surface area (Å²) in [6.45, 7) is 0.182. The molecule has 1 heterocycles. The van der Waals surface area contributed by atoms with E-state index in [1.165, 1.54) is 24.1 Å². The third-order valence-electron chi connectivity index (χ3n) is 4.65. The number of H-pyrrole nitrogens is 1. The molecule has 1 aromatic heterocycles. The SMILES string of the molecule is O=C(OCc1ccccc1Cl)c1ccc2[nH]c3c(c2c1)CCCC3. The molecule has 4 rings (SSSR count). The number of rotatable bonds is 3. The highest BCUT2D eigenvalue weighted by atomic mass is 35.5. The number of esters is 1. The van der Waals surface area contributed by atoms with Gasteiger partial charge in [0.25, 0.3) is 0 Å². The first-order chi connectivity index (χ1) is 11.7. The van der Waals surface area contributed by atoms with Crippen LogP contribution in [-0.2, 0) is 24.2 Å². The number of hydrogen-bond acceptors (Lipinski definition) is 2. The van der Waals surface area contributed by atoms with Crippen LogP contribution in [0.25, 0.3) is 10.9 Å². The first kappa shape index (κ1) is 15.3. The van der Waals surface area contributed by atoms with Crippen LogP contribution in [0.3, 0.4) is 0 Å². The highest BCUT2D eigenvalue weighted by Crippen LogP contribution is 2.30. The van der Waals surface area contributed by atoms with Gasteiger partial charge in [-0.2, -0.15) is 0 Å². The zero-order chi connectivity index (χ0) is 16.5. The Morgan fingerprint density at radius 1 is 1.12 bits per heavy atom. The Morgan fingerprint density at radius 3 is 2.83 bits per heavy atom. The number of aromatic amines is 1. The Balaban J connectivity index is 1.57. The molecule has 3 aromatic rings. The second-order valence-corrected chi connectivity index (χ2v) is 6.62. The zero-order valence-electron chi connectivity index (χ0n) is 13.3. The number of carbonyl (C=O) groups is 1. The average molecular weight is 340 g/mol. The summed E-state index contributed by atoms with van der Waals surface area (Å²) in [6, 6.07) is 13.1. The lowest BCUT2D eigenvalue weighted by Crippen LogP contribution is -2.05. The van der Waals surface area contributed by atoms with Gasteiger partial charge in [-0.25, -0.2) is 4.79 Å². The summed E-state index contributed by atoms with van der Waals surface area (Å²) >= 11 is 6.10. The molecule has 0 radical (unpaired) electrons.